The highest BCUT2D eigenvalue weighted by molar-refractivity contribution is 5.93. The fourth-order valence-corrected chi connectivity index (χ4v) is 3.85. The van der Waals surface area contributed by atoms with Gasteiger partial charge in [0.05, 0.1) is 6.04 Å². The number of fused-ring (bicyclic) bond motifs is 1. The van der Waals surface area contributed by atoms with E-state index in [1.165, 1.54) is 7.05 Å². The fourth-order valence-electron chi connectivity index (χ4n) is 3.85. The molecule has 0 saturated heterocycles. The summed E-state index contributed by atoms with van der Waals surface area (Å²) in [6.45, 7) is 0.666. The Morgan fingerprint density at radius 1 is 1.19 bits per heavy atom. The van der Waals surface area contributed by atoms with Crippen molar-refractivity contribution < 1.29 is 18.0 Å². The molecule has 3 aromatic rings. The molecule has 1 N–H and O–H groups in total. The summed E-state index contributed by atoms with van der Waals surface area (Å²) in [4.78, 5) is 21.7. The van der Waals surface area contributed by atoms with Crippen LogP contribution in [0.2, 0.25) is 0 Å². The molecule has 4 heterocycles. The Morgan fingerprint density at radius 2 is 2.00 bits per heavy atom. The number of carbonyl (C=O) groups is 1. The van der Waals surface area contributed by atoms with Gasteiger partial charge in [0, 0.05) is 43.0 Å². The number of amides is 1. The summed E-state index contributed by atoms with van der Waals surface area (Å²) in [7, 11) is 1.31. The van der Waals surface area contributed by atoms with Crippen LogP contribution < -0.4 is 5.32 Å². The van der Waals surface area contributed by atoms with Crippen molar-refractivity contribution in [3.05, 3.63) is 47.3 Å². The molecule has 1 amide bonds. The van der Waals surface area contributed by atoms with Crippen LogP contribution in [0, 0.1) is 0 Å². The molecule has 1 fully saturated rings. The third kappa shape index (κ3) is 3.79. The van der Waals surface area contributed by atoms with Gasteiger partial charge in [-0.2, -0.15) is 23.4 Å². The standard InChI is InChI=1S/C20H20F3N7O/c1-29-15(10-16(27-29)20(21,22)23)19(31)25-13-3-2-8-30-18(13)26-17(28-30)12-6-7-24-14(9-12)11-4-5-11/h6-7,9-11,13H,2-5,8H2,1H3,(H,25,31). The average Bonchev–Trinajstić information content (AvgIpc) is 3.35. The zero-order chi connectivity index (χ0) is 21.8. The number of nitrogens with zero attached hydrogens (tertiary/aromatic N) is 6. The summed E-state index contributed by atoms with van der Waals surface area (Å²) in [5, 5.41) is 10.8. The van der Waals surface area contributed by atoms with Crippen molar-refractivity contribution in [3.8, 4) is 11.4 Å². The highest BCUT2D eigenvalue weighted by atomic mass is 19.4. The maximum Gasteiger partial charge on any atom is 0.435 e. The van der Waals surface area contributed by atoms with Crippen LogP contribution in [0.4, 0.5) is 13.2 Å². The van der Waals surface area contributed by atoms with E-state index in [1.807, 2.05) is 12.1 Å². The molecule has 162 valence electrons. The molecular formula is C20H20F3N7O. The monoisotopic (exact) mass is 431 g/mol. The van der Waals surface area contributed by atoms with Crippen LogP contribution in [0.25, 0.3) is 11.4 Å². The Hall–Kier alpha value is -3.24. The maximum absolute atomic E-state index is 12.9. The number of halogens is 3. The minimum Gasteiger partial charge on any atom is -0.341 e. The zero-order valence-corrected chi connectivity index (χ0v) is 16.7. The van der Waals surface area contributed by atoms with Gasteiger partial charge in [-0.1, -0.05) is 0 Å². The number of nitrogens with one attached hydrogen (secondary N) is 1. The van der Waals surface area contributed by atoms with Crippen LogP contribution in [-0.4, -0.2) is 35.4 Å². The first-order valence-corrected chi connectivity index (χ1v) is 10.1. The highest BCUT2D eigenvalue weighted by Crippen LogP contribution is 2.39. The number of hydrogen-bond donors (Lipinski definition) is 1. The summed E-state index contributed by atoms with van der Waals surface area (Å²) < 4.78 is 41.4. The van der Waals surface area contributed by atoms with E-state index in [1.54, 1.807) is 10.9 Å². The van der Waals surface area contributed by atoms with Crippen molar-refractivity contribution >= 4 is 5.91 Å². The van der Waals surface area contributed by atoms with Crippen LogP contribution in [0.1, 0.15) is 65.3 Å². The van der Waals surface area contributed by atoms with Gasteiger partial charge in [-0.25, -0.2) is 9.67 Å². The Labute approximate surface area is 175 Å². The lowest BCUT2D eigenvalue weighted by Gasteiger charge is -2.22. The lowest BCUT2D eigenvalue weighted by atomic mass is 10.1. The Morgan fingerprint density at radius 3 is 2.71 bits per heavy atom. The molecule has 0 aromatic carbocycles. The van der Waals surface area contributed by atoms with Gasteiger partial charge < -0.3 is 5.32 Å². The molecule has 1 unspecified atom stereocenters. The molecule has 5 rings (SSSR count). The molecule has 0 radical (unpaired) electrons. The summed E-state index contributed by atoms with van der Waals surface area (Å²) in [5.41, 5.74) is 0.642. The van der Waals surface area contributed by atoms with Gasteiger partial charge in [-0.3, -0.25) is 14.5 Å². The highest BCUT2D eigenvalue weighted by Gasteiger charge is 2.36. The molecule has 2 aliphatic rings. The van der Waals surface area contributed by atoms with Crippen molar-refractivity contribution in [1.29, 1.82) is 0 Å². The number of hydrogen-bond acceptors (Lipinski definition) is 5. The van der Waals surface area contributed by atoms with Crippen molar-refractivity contribution in [2.45, 2.75) is 50.4 Å². The SMILES string of the molecule is Cn1nc(C(F)(F)F)cc1C(=O)NC1CCCn2nc(-c3ccnc(C4CC4)c3)nc21. The first-order valence-electron chi connectivity index (χ1n) is 10.1. The lowest BCUT2D eigenvalue weighted by molar-refractivity contribution is -0.141. The smallest absolute Gasteiger partial charge is 0.341 e. The summed E-state index contributed by atoms with van der Waals surface area (Å²) >= 11 is 0. The number of pyridine rings is 1. The molecule has 1 aliphatic carbocycles. The van der Waals surface area contributed by atoms with Crippen molar-refractivity contribution in [3.63, 3.8) is 0 Å². The molecule has 1 saturated carbocycles. The largest absolute Gasteiger partial charge is 0.435 e. The quantitative estimate of drug-likeness (QED) is 0.685. The predicted octanol–water partition coefficient (Wildman–Crippen LogP) is 3.23. The molecule has 0 spiro atoms. The molecule has 31 heavy (non-hydrogen) atoms. The molecule has 3 aromatic heterocycles. The minimum atomic E-state index is -4.61. The van der Waals surface area contributed by atoms with E-state index in [9.17, 15) is 18.0 Å². The van der Waals surface area contributed by atoms with Gasteiger partial charge in [-0.05, 0) is 37.8 Å². The molecule has 11 heteroatoms. The number of alkyl halides is 3. The molecule has 1 atom stereocenters. The van der Waals surface area contributed by atoms with Gasteiger partial charge >= 0.3 is 6.18 Å². The second kappa shape index (κ2) is 7.17. The second-order valence-electron chi connectivity index (χ2n) is 7.96. The zero-order valence-electron chi connectivity index (χ0n) is 16.7. The number of aromatic nitrogens is 6. The van der Waals surface area contributed by atoms with E-state index >= 15 is 0 Å². The molecule has 1 aliphatic heterocycles. The number of aryl methyl sites for hydroxylation is 2. The van der Waals surface area contributed by atoms with Gasteiger partial charge in [0.1, 0.15) is 11.5 Å². The Kier molecular flexibility index (Phi) is 4.56. The van der Waals surface area contributed by atoms with Gasteiger partial charge in [-0.15, -0.1) is 0 Å². The number of rotatable bonds is 4. The average molecular weight is 431 g/mol. The molecule has 8 nitrogen and oxygen atoms in total. The van der Waals surface area contributed by atoms with Crippen LogP contribution in [-0.2, 0) is 19.8 Å². The third-order valence-electron chi connectivity index (χ3n) is 5.62. The van der Waals surface area contributed by atoms with E-state index in [-0.39, 0.29) is 5.69 Å². The predicted molar refractivity (Wildman–Crippen MR) is 103 cm³/mol. The van der Waals surface area contributed by atoms with Crippen molar-refractivity contribution in [1.82, 2.24) is 34.8 Å². The second-order valence-corrected chi connectivity index (χ2v) is 7.96. The Bertz CT molecular complexity index is 1150. The fraction of sp³-hybridized carbons (Fsp3) is 0.450. The topological polar surface area (TPSA) is 90.5 Å². The van der Waals surface area contributed by atoms with Gasteiger partial charge in [0.15, 0.2) is 11.5 Å². The first kappa shape index (κ1) is 19.7. The molecular weight excluding hydrogens is 411 g/mol. The third-order valence-corrected chi connectivity index (χ3v) is 5.62. The summed E-state index contributed by atoms with van der Waals surface area (Å²) in [5.74, 6) is 1.02. The molecule has 0 bridgehead atoms. The van der Waals surface area contributed by atoms with Crippen LogP contribution in [0.15, 0.2) is 24.4 Å². The van der Waals surface area contributed by atoms with E-state index in [0.29, 0.717) is 30.5 Å². The summed E-state index contributed by atoms with van der Waals surface area (Å²) in [6.07, 6.45) is 0.813. The Balaban J connectivity index is 1.39. The first-order chi connectivity index (χ1) is 14.8. The minimum absolute atomic E-state index is 0.160. The van der Waals surface area contributed by atoms with Crippen LogP contribution >= 0.6 is 0 Å². The van der Waals surface area contributed by atoms with Crippen LogP contribution in [0.3, 0.4) is 0 Å². The summed E-state index contributed by atoms with van der Waals surface area (Å²) in [6, 6.07) is 4.16. The number of carbonyl (C=O) groups excluding carboxylic acids is 1. The van der Waals surface area contributed by atoms with Gasteiger partial charge in [0.2, 0.25) is 0 Å². The van der Waals surface area contributed by atoms with Crippen LogP contribution in [0.5, 0.6) is 0 Å². The van der Waals surface area contributed by atoms with Gasteiger partial charge in [0.25, 0.3) is 5.91 Å². The van der Waals surface area contributed by atoms with E-state index in [0.717, 1.165) is 41.3 Å². The van der Waals surface area contributed by atoms with E-state index < -0.39 is 23.8 Å². The van der Waals surface area contributed by atoms with Crippen molar-refractivity contribution in [2.24, 2.45) is 7.05 Å². The normalized spacial score (nSPS) is 18.6. The lowest BCUT2D eigenvalue weighted by Crippen LogP contribution is -2.34. The maximum atomic E-state index is 12.9. The van der Waals surface area contributed by atoms with Crippen molar-refractivity contribution in [2.75, 3.05) is 0 Å². The van der Waals surface area contributed by atoms with E-state index in [2.05, 4.69) is 25.5 Å². The van der Waals surface area contributed by atoms with E-state index in [4.69, 9.17) is 0 Å².